The second-order valence-electron chi connectivity index (χ2n) is 5.40. The maximum atomic E-state index is 4.61. The van der Waals surface area contributed by atoms with E-state index in [0.29, 0.717) is 0 Å². The number of aryl methyl sites for hydroxylation is 6. The molecule has 0 unspecified atom stereocenters. The van der Waals surface area contributed by atoms with Gasteiger partial charge in [0.2, 0.25) is 0 Å². The van der Waals surface area contributed by atoms with Gasteiger partial charge in [-0.3, -0.25) is 15.0 Å². The summed E-state index contributed by atoms with van der Waals surface area (Å²) in [4.78, 5) is 18.2. The van der Waals surface area contributed by atoms with Gasteiger partial charge in [-0.25, -0.2) is 4.98 Å². The highest BCUT2D eigenvalue weighted by Crippen LogP contribution is 2.11. The lowest BCUT2D eigenvalue weighted by molar-refractivity contribution is 0.930. The van der Waals surface area contributed by atoms with E-state index < -0.39 is 0 Å². The van der Waals surface area contributed by atoms with Crippen molar-refractivity contribution < 1.29 is 0 Å². The lowest BCUT2D eigenvalue weighted by Gasteiger charge is -2.06. The third-order valence-corrected chi connectivity index (χ3v) is 3.68. The van der Waals surface area contributed by atoms with Crippen molar-refractivity contribution >= 4 is 6.08 Å². The zero-order chi connectivity index (χ0) is 15.6. The van der Waals surface area contributed by atoms with Crippen molar-refractivity contribution in [2.45, 2.75) is 48.0 Å². The van der Waals surface area contributed by atoms with Gasteiger partial charge in [-0.05, 0) is 47.6 Å². The van der Waals surface area contributed by atoms with Gasteiger partial charge in [0.25, 0.3) is 0 Å². The first-order valence-electron chi connectivity index (χ1n) is 7.17. The number of hydrogen-bond donors (Lipinski definition) is 0. The minimum atomic E-state index is 0.758. The molecule has 0 spiro atoms. The average Bonchev–Trinajstić information content (AvgIpc) is 2.41. The van der Waals surface area contributed by atoms with Crippen molar-refractivity contribution in [1.29, 1.82) is 0 Å². The molecule has 0 N–H and O–H groups in total. The molecule has 2 aromatic rings. The number of aromatic nitrogens is 4. The van der Waals surface area contributed by atoms with Gasteiger partial charge in [0.05, 0.1) is 45.6 Å². The number of rotatable bonds is 3. The molecule has 110 valence electrons. The zero-order valence-electron chi connectivity index (χ0n) is 13.7. The Morgan fingerprint density at radius 1 is 0.619 bits per heavy atom. The smallest absolute Gasteiger partial charge is 0.0842 e. The van der Waals surface area contributed by atoms with Crippen LogP contribution in [0.4, 0.5) is 0 Å². The van der Waals surface area contributed by atoms with Crippen LogP contribution in [0.2, 0.25) is 0 Å². The van der Waals surface area contributed by atoms with Gasteiger partial charge in [0, 0.05) is 6.42 Å². The number of nitrogens with zero attached hydrogens (tertiary/aromatic N) is 4. The molecule has 0 bridgehead atoms. The van der Waals surface area contributed by atoms with Crippen LogP contribution in [0.1, 0.15) is 45.6 Å². The molecule has 0 aliphatic carbocycles. The van der Waals surface area contributed by atoms with Crippen LogP contribution in [-0.2, 0) is 6.42 Å². The molecule has 4 nitrogen and oxygen atoms in total. The molecule has 2 aromatic heterocycles. The molecule has 0 saturated heterocycles. The van der Waals surface area contributed by atoms with E-state index >= 15 is 0 Å². The van der Waals surface area contributed by atoms with Crippen LogP contribution in [0, 0.1) is 41.5 Å². The summed E-state index contributed by atoms with van der Waals surface area (Å²) in [5.74, 6) is 0. The first-order chi connectivity index (χ1) is 9.88. The SMILES string of the molecule is Cc1nc(C)c(C=CCc2nc(C)c(C)nc2C)nc1C. The molecule has 0 saturated carbocycles. The molecule has 0 atom stereocenters. The van der Waals surface area contributed by atoms with E-state index in [9.17, 15) is 0 Å². The minimum absolute atomic E-state index is 0.758. The van der Waals surface area contributed by atoms with E-state index in [2.05, 4.69) is 26.0 Å². The molecule has 0 aromatic carbocycles. The zero-order valence-corrected chi connectivity index (χ0v) is 13.7. The van der Waals surface area contributed by atoms with Crippen LogP contribution < -0.4 is 0 Å². The molecule has 0 aliphatic heterocycles. The maximum absolute atomic E-state index is 4.61. The minimum Gasteiger partial charge on any atom is -0.255 e. The van der Waals surface area contributed by atoms with Crippen LogP contribution in [0.3, 0.4) is 0 Å². The molecule has 2 heterocycles. The maximum Gasteiger partial charge on any atom is 0.0842 e. The van der Waals surface area contributed by atoms with Crippen molar-refractivity contribution in [2.24, 2.45) is 0 Å². The highest BCUT2D eigenvalue weighted by Gasteiger charge is 2.05. The summed E-state index contributed by atoms with van der Waals surface area (Å²) < 4.78 is 0. The Bertz CT molecular complexity index is 702. The monoisotopic (exact) mass is 282 g/mol. The van der Waals surface area contributed by atoms with Crippen molar-refractivity contribution in [3.8, 4) is 0 Å². The largest absolute Gasteiger partial charge is 0.255 e. The highest BCUT2D eigenvalue weighted by atomic mass is 14.8. The Hall–Kier alpha value is -2.10. The predicted molar refractivity (Wildman–Crippen MR) is 85.2 cm³/mol. The van der Waals surface area contributed by atoms with Crippen LogP contribution in [0.15, 0.2) is 6.08 Å². The lowest BCUT2D eigenvalue weighted by atomic mass is 10.2. The molecule has 0 amide bonds. The van der Waals surface area contributed by atoms with Crippen molar-refractivity contribution in [3.63, 3.8) is 0 Å². The average molecular weight is 282 g/mol. The van der Waals surface area contributed by atoms with Gasteiger partial charge in [0.1, 0.15) is 0 Å². The van der Waals surface area contributed by atoms with Gasteiger partial charge in [-0.1, -0.05) is 6.08 Å². The Morgan fingerprint density at radius 2 is 1.14 bits per heavy atom. The topological polar surface area (TPSA) is 51.6 Å². The van der Waals surface area contributed by atoms with E-state index in [4.69, 9.17) is 0 Å². The van der Waals surface area contributed by atoms with Gasteiger partial charge in [-0.2, -0.15) is 0 Å². The standard InChI is InChI=1S/C17H22N4/c1-10-12(3)20-16(14(5)18-10)8-7-9-17-15(6)19-11(2)13(4)21-17/h7-8H,9H2,1-6H3. The highest BCUT2D eigenvalue weighted by molar-refractivity contribution is 5.48. The predicted octanol–water partition coefficient (Wildman–Crippen LogP) is 3.37. The third-order valence-electron chi connectivity index (χ3n) is 3.68. The fraction of sp³-hybridized carbons (Fsp3) is 0.412. The molecule has 21 heavy (non-hydrogen) atoms. The summed E-state index contributed by atoms with van der Waals surface area (Å²) in [5, 5.41) is 0. The first kappa shape index (κ1) is 15.3. The van der Waals surface area contributed by atoms with Crippen LogP contribution >= 0.6 is 0 Å². The van der Waals surface area contributed by atoms with Crippen molar-refractivity contribution in [1.82, 2.24) is 19.9 Å². The Kier molecular flexibility index (Phi) is 4.46. The summed E-state index contributed by atoms with van der Waals surface area (Å²) in [6.45, 7) is 11.9. The summed E-state index contributed by atoms with van der Waals surface area (Å²) in [6, 6.07) is 0. The molecule has 0 radical (unpaired) electrons. The van der Waals surface area contributed by atoms with Gasteiger partial charge >= 0.3 is 0 Å². The van der Waals surface area contributed by atoms with Gasteiger partial charge in [0.15, 0.2) is 0 Å². The second kappa shape index (κ2) is 6.12. The van der Waals surface area contributed by atoms with Crippen LogP contribution in [0.5, 0.6) is 0 Å². The molecule has 4 heteroatoms. The Labute approximate surface area is 126 Å². The van der Waals surface area contributed by atoms with E-state index in [1.54, 1.807) is 0 Å². The van der Waals surface area contributed by atoms with Gasteiger partial charge in [-0.15, -0.1) is 0 Å². The summed E-state index contributed by atoms with van der Waals surface area (Å²) in [7, 11) is 0. The van der Waals surface area contributed by atoms with E-state index in [-0.39, 0.29) is 0 Å². The molecule has 0 fully saturated rings. The second-order valence-corrected chi connectivity index (χ2v) is 5.40. The quantitative estimate of drug-likeness (QED) is 0.866. The third kappa shape index (κ3) is 3.51. The van der Waals surface area contributed by atoms with Crippen LogP contribution in [0.25, 0.3) is 6.08 Å². The first-order valence-corrected chi connectivity index (χ1v) is 7.17. The summed E-state index contributed by atoms with van der Waals surface area (Å²) in [6.07, 6.45) is 4.86. The van der Waals surface area contributed by atoms with Gasteiger partial charge < -0.3 is 0 Å². The van der Waals surface area contributed by atoms with Crippen molar-refractivity contribution in [2.75, 3.05) is 0 Å². The van der Waals surface area contributed by atoms with E-state index in [1.807, 2.05) is 47.6 Å². The summed E-state index contributed by atoms with van der Waals surface area (Å²) >= 11 is 0. The lowest BCUT2D eigenvalue weighted by Crippen LogP contribution is -2.02. The normalized spacial score (nSPS) is 11.3. The molecular formula is C17H22N4. The molecule has 0 aliphatic rings. The number of allylic oxidation sites excluding steroid dienone is 1. The van der Waals surface area contributed by atoms with Crippen molar-refractivity contribution in [3.05, 3.63) is 51.6 Å². The Balaban J connectivity index is 2.20. The fourth-order valence-electron chi connectivity index (χ4n) is 2.13. The van der Waals surface area contributed by atoms with E-state index in [1.165, 1.54) is 0 Å². The fourth-order valence-corrected chi connectivity index (χ4v) is 2.13. The van der Waals surface area contributed by atoms with Crippen LogP contribution in [-0.4, -0.2) is 19.9 Å². The Morgan fingerprint density at radius 3 is 1.81 bits per heavy atom. The molecular weight excluding hydrogens is 260 g/mol. The van der Waals surface area contributed by atoms with E-state index in [0.717, 1.165) is 52.0 Å². The summed E-state index contributed by atoms with van der Waals surface area (Å²) in [5.41, 5.74) is 7.84. The number of hydrogen-bond acceptors (Lipinski definition) is 4. The molecule has 2 rings (SSSR count).